The third-order valence-corrected chi connectivity index (χ3v) is 3.11. The number of likely N-dealkylation sites (tertiary alicyclic amines) is 1. The molecular weight excluding hydrogens is 201 g/mol. The van der Waals surface area contributed by atoms with E-state index in [9.17, 15) is 14.3 Å². The van der Waals surface area contributed by atoms with Crippen molar-refractivity contribution in [2.45, 2.75) is 31.9 Å². The Bertz CT molecular complexity index is 225. The molecule has 0 aromatic rings. The SMILES string of the molecule is CC(C(=O)O)N1CCC(O)C(CCF)C1. The van der Waals surface area contributed by atoms with Crippen LogP contribution in [0.25, 0.3) is 0 Å². The fourth-order valence-corrected chi connectivity index (χ4v) is 1.98. The lowest BCUT2D eigenvalue weighted by molar-refractivity contribution is -0.144. The average Bonchev–Trinajstić information content (AvgIpc) is 2.20. The lowest BCUT2D eigenvalue weighted by Gasteiger charge is -2.37. The monoisotopic (exact) mass is 219 g/mol. The molecule has 0 aromatic heterocycles. The first-order valence-electron chi connectivity index (χ1n) is 5.27. The number of carboxylic acid groups (broad SMARTS) is 1. The lowest BCUT2D eigenvalue weighted by atomic mass is 9.91. The molecule has 4 nitrogen and oxygen atoms in total. The van der Waals surface area contributed by atoms with Gasteiger partial charge in [-0.2, -0.15) is 0 Å². The molecule has 2 N–H and O–H groups in total. The number of carboxylic acids is 1. The van der Waals surface area contributed by atoms with Crippen LogP contribution in [-0.2, 0) is 4.79 Å². The van der Waals surface area contributed by atoms with E-state index in [4.69, 9.17) is 5.11 Å². The van der Waals surface area contributed by atoms with E-state index in [1.165, 1.54) is 0 Å². The topological polar surface area (TPSA) is 60.8 Å². The average molecular weight is 219 g/mol. The number of nitrogens with zero attached hydrogens (tertiary/aromatic N) is 1. The number of hydrogen-bond donors (Lipinski definition) is 2. The number of halogens is 1. The van der Waals surface area contributed by atoms with Crippen molar-refractivity contribution in [1.82, 2.24) is 4.90 Å². The summed E-state index contributed by atoms with van der Waals surface area (Å²) in [4.78, 5) is 12.6. The summed E-state index contributed by atoms with van der Waals surface area (Å²) in [6.07, 6.45) is 0.352. The number of rotatable bonds is 4. The van der Waals surface area contributed by atoms with Crippen LogP contribution in [0.5, 0.6) is 0 Å². The molecule has 1 saturated heterocycles. The highest BCUT2D eigenvalue weighted by molar-refractivity contribution is 5.72. The molecule has 1 heterocycles. The second-order valence-electron chi connectivity index (χ2n) is 4.10. The number of aliphatic hydroxyl groups excluding tert-OH is 1. The fraction of sp³-hybridized carbons (Fsp3) is 0.900. The number of alkyl halides is 1. The van der Waals surface area contributed by atoms with Crippen molar-refractivity contribution in [3.63, 3.8) is 0 Å². The number of hydrogen-bond acceptors (Lipinski definition) is 3. The van der Waals surface area contributed by atoms with Gasteiger partial charge in [-0.25, -0.2) is 0 Å². The molecule has 3 unspecified atom stereocenters. The quantitative estimate of drug-likeness (QED) is 0.723. The zero-order valence-electron chi connectivity index (χ0n) is 8.90. The lowest BCUT2D eigenvalue weighted by Crippen LogP contribution is -2.49. The van der Waals surface area contributed by atoms with Gasteiger partial charge in [0.15, 0.2) is 0 Å². The minimum Gasteiger partial charge on any atom is -0.480 e. The van der Waals surface area contributed by atoms with Crippen molar-refractivity contribution in [1.29, 1.82) is 0 Å². The molecule has 0 amide bonds. The normalized spacial score (nSPS) is 30.1. The summed E-state index contributed by atoms with van der Waals surface area (Å²) >= 11 is 0. The largest absolute Gasteiger partial charge is 0.480 e. The second-order valence-corrected chi connectivity index (χ2v) is 4.10. The van der Waals surface area contributed by atoms with Crippen molar-refractivity contribution in [3.8, 4) is 0 Å². The molecule has 88 valence electrons. The molecule has 0 saturated carbocycles. The molecule has 0 bridgehead atoms. The van der Waals surface area contributed by atoms with Crippen LogP contribution >= 0.6 is 0 Å². The molecule has 1 rings (SSSR count). The summed E-state index contributed by atoms with van der Waals surface area (Å²) in [5.41, 5.74) is 0. The Kier molecular flexibility index (Phi) is 4.47. The Morgan fingerprint density at radius 2 is 2.33 bits per heavy atom. The van der Waals surface area contributed by atoms with Gasteiger partial charge in [0.1, 0.15) is 6.04 Å². The van der Waals surface area contributed by atoms with Crippen molar-refractivity contribution in [2.24, 2.45) is 5.92 Å². The van der Waals surface area contributed by atoms with E-state index in [-0.39, 0.29) is 5.92 Å². The van der Waals surface area contributed by atoms with Gasteiger partial charge in [0.05, 0.1) is 12.8 Å². The zero-order chi connectivity index (χ0) is 11.4. The Labute approximate surface area is 88.7 Å². The highest BCUT2D eigenvalue weighted by Crippen LogP contribution is 2.22. The predicted octanol–water partition coefficient (Wildman–Crippen LogP) is 0.502. The molecular formula is C10H18FNO3. The predicted molar refractivity (Wildman–Crippen MR) is 53.4 cm³/mol. The molecule has 0 aliphatic carbocycles. The summed E-state index contributed by atoms with van der Waals surface area (Å²) in [6.45, 7) is 2.19. The first-order chi connectivity index (χ1) is 7.06. The Morgan fingerprint density at radius 3 is 2.87 bits per heavy atom. The molecule has 0 spiro atoms. The maximum absolute atomic E-state index is 12.2. The minimum atomic E-state index is -0.870. The summed E-state index contributed by atoms with van der Waals surface area (Å²) in [6, 6.07) is -0.556. The molecule has 5 heteroatoms. The van der Waals surface area contributed by atoms with Gasteiger partial charge >= 0.3 is 5.97 Å². The van der Waals surface area contributed by atoms with E-state index in [2.05, 4.69) is 0 Å². The molecule has 15 heavy (non-hydrogen) atoms. The summed E-state index contributed by atoms with van der Waals surface area (Å²) in [5, 5.41) is 18.4. The Hall–Kier alpha value is -0.680. The first-order valence-corrected chi connectivity index (χ1v) is 5.27. The molecule has 1 aliphatic rings. The van der Waals surface area contributed by atoms with Crippen molar-refractivity contribution >= 4 is 5.97 Å². The van der Waals surface area contributed by atoms with Crippen LogP contribution in [0.3, 0.4) is 0 Å². The molecule has 0 radical (unpaired) electrons. The van der Waals surface area contributed by atoms with Crippen LogP contribution in [-0.4, -0.2) is 53.0 Å². The van der Waals surface area contributed by atoms with Gasteiger partial charge in [0.25, 0.3) is 0 Å². The van der Waals surface area contributed by atoms with E-state index in [1.54, 1.807) is 11.8 Å². The standard InChI is InChI=1S/C10H18FNO3/c1-7(10(14)15)12-5-3-9(13)8(6-12)2-4-11/h7-9,13H,2-6H2,1H3,(H,14,15). The van der Waals surface area contributed by atoms with Crippen LogP contribution in [0.15, 0.2) is 0 Å². The van der Waals surface area contributed by atoms with E-state index in [0.29, 0.717) is 25.9 Å². The maximum atomic E-state index is 12.2. The summed E-state index contributed by atoms with van der Waals surface area (Å²) < 4.78 is 12.2. The summed E-state index contributed by atoms with van der Waals surface area (Å²) in [5.74, 6) is -1.00. The number of piperidine rings is 1. The zero-order valence-corrected chi connectivity index (χ0v) is 8.90. The molecule has 0 aromatic carbocycles. The smallest absolute Gasteiger partial charge is 0.320 e. The van der Waals surface area contributed by atoms with Crippen molar-refractivity contribution < 1.29 is 19.4 Å². The van der Waals surface area contributed by atoms with Gasteiger partial charge in [0, 0.05) is 19.0 Å². The van der Waals surface area contributed by atoms with Crippen LogP contribution in [0.4, 0.5) is 4.39 Å². The Morgan fingerprint density at radius 1 is 1.67 bits per heavy atom. The minimum absolute atomic E-state index is 0.134. The van der Waals surface area contributed by atoms with Crippen LogP contribution in [0.1, 0.15) is 19.8 Å². The van der Waals surface area contributed by atoms with Gasteiger partial charge in [-0.15, -0.1) is 0 Å². The van der Waals surface area contributed by atoms with E-state index in [1.807, 2.05) is 0 Å². The number of aliphatic hydroxyl groups is 1. The molecule has 1 aliphatic heterocycles. The van der Waals surface area contributed by atoms with E-state index in [0.717, 1.165) is 0 Å². The third kappa shape index (κ3) is 3.14. The molecule has 1 fully saturated rings. The fourth-order valence-electron chi connectivity index (χ4n) is 1.98. The van der Waals surface area contributed by atoms with Gasteiger partial charge in [-0.05, 0) is 19.8 Å². The van der Waals surface area contributed by atoms with Crippen LogP contribution in [0.2, 0.25) is 0 Å². The van der Waals surface area contributed by atoms with E-state index < -0.39 is 24.8 Å². The molecule has 3 atom stereocenters. The van der Waals surface area contributed by atoms with Crippen LogP contribution in [0, 0.1) is 5.92 Å². The van der Waals surface area contributed by atoms with Gasteiger partial charge in [0.2, 0.25) is 0 Å². The maximum Gasteiger partial charge on any atom is 0.320 e. The Balaban J connectivity index is 2.53. The third-order valence-electron chi connectivity index (χ3n) is 3.11. The van der Waals surface area contributed by atoms with Crippen LogP contribution < -0.4 is 0 Å². The van der Waals surface area contributed by atoms with Gasteiger partial charge in [-0.1, -0.05) is 0 Å². The summed E-state index contributed by atoms with van der Waals surface area (Å²) in [7, 11) is 0. The van der Waals surface area contributed by atoms with Gasteiger partial charge in [-0.3, -0.25) is 14.1 Å². The van der Waals surface area contributed by atoms with Crippen molar-refractivity contribution in [2.75, 3.05) is 19.8 Å². The van der Waals surface area contributed by atoms with E-state index >= 15 is 0 Å². The first kappa shape index (κ1) is 12.4. The number of carbonyl (C=O) groups is 1. The highest BCUT2D eigenvalue weighted by Gasteiger charge is 2.31. The highest BCUT2D eigenvalue weighted by atomic mass is 19.1. The second kappa shape index (κ2) is 5.42. The number of aliphatic carboxylic acids is 1. The van der Waals surface area contributed by atoms with Gasteiger partial charge < -0.3 is 10.2 Å². The van der Waals surface area contributed by atoms with Crippen molar-refractivity contribution in [3.05, 3.63) is 0 Å².